The van der Waals surface area contributed by atoms with Crippen LogP contribution in [0.5, 0.6) is 5.75 Å². The molecule has 0 amide bonds. The Morgan fingerprint density at radius 1 is 1.36 bits per heavy atom. The smallest absolute Gasteiger partial charge is 0.127 e. The highest BCUT2D eigenvalue weighted by atomic mass is 32.1. The van der Waals surface area contributed by atoms with E-state index in [1.165, 1.54) is 0 Å². The fraction of sp³-hybridized carbons (Fsp3) is 0.200. The maximum absolute atomic E-state index is 5.12. The minimum Gasteiger partial charge on any atom is -0.497 e. The topological polar surface area (TPSA) is 33.6 Å². The summed E-state index contributed by atoms with van der Waals surface area (Å²) >= 11 is 5.12. The molecular formula is C10H10N2OS. The lowest BCUT2D eigenvalue weighted by Crippen LogP contribution is -2.17. The highest BCUT2D eigenvalue weighted by Crippen LogP contribution is 2.22. The number of benzene rings is 1. The van der Waals surface area contributed by atoms with Crippen molar-refractivity contribution in [2.45, 2.75) is 6.04 Å². The highest BCUT2D eigenvalue weighted by Gasteiger charge is 2.18. The average Bonchev–Trinajstić information content (AvgIpc) is 2.65. The number of nitrogens with one attached hydrogen (secondary N) is 1. The van der Waals surface area contributed by atoms with E-state index in [4.69, 9.17) is 17.0 Å². The van der Waals surface area contributed by atoms with Crippen molar-refractivity contribution in [3.63, 3.8) is 0 Å². The second-order valence-corrected chi connectivity index (χ2v) is 3.40. The zero-order valence-corrected chi connectivity index (χ0v) is 8.54. The molecule has 0 fully saturated rings. The largest absolute Gasteiger partial charge is 0.497 e. The standard InChI is InChI=1S/C10H10N2OS/c1-13-8-4-2-7(3-5-8)9-10(14)12-6-11-9/h2-6,9H,1H3,(H,11,12,14). The van der Waals surface area contributed by atoms with Crippen LogP contribution in [0.25, 0.3) is 0 Å². The molecule has 1 heterocycles. The Bertz CT molecular complexity index is 372. The lowest BCUT2D eigenvalue weighted by Gasteiger charge is -2.07. The van der Waals surface area contributed by atoms with E-state index < -0.39 is 0 Å². The molecule has 0 bridgehead atoms. The van der Waals surface area contributed by atoms with Crippen molar-refractivity contribution >= 4 is 23.5 Å². The van der Waals surface area contributed by atoms with Gasteiger partial charge in [-0.15, -0.1) is 0 Å². The van der Waals surface area contributed by atoms with Gasteiger partial charge in [0, 0.05) is 0 Å². The summed E-state index contributed by atoms with van der Waals surface area (Å²) in [5, 5.41) is 2.91. The summed E-state index contributed by atoms with van der Waals surface area (Å²) in [6.07, 6.45) is 1.64. The summed E-state index contributed by atoms with van der Waals surface area (Å²) in [5.41, 5.74) is 1.08. The fourth-order valence-corrected chi connectivity index (χ4v) is 1.60. The van der Waals surface area contributed by atoms with Crippen LogP contribution in [-0.4, -0.2) is 18.4 Å². The van der Waals surface area contributed by atoms with Gasteiger partial charge >= 0.3 is 0 Å². The molecule has 0 aliphatic carbocycles. The van der Waals surface area contributed by atoms with Gasteiger partial charge in [-0.25, -0.2) is 0 Å². The first-order valence-corrected chi connectivity index (χ1v) is 4.68. The normalized spacial score (nSPS) is 19.5. The van der Waals surface area contributed by atoms with E-state index in [0.717, 1.165) is 16.3 Å². The summed E-state index contributed by atoms with van der Waals surface area (Å²) in [4.78, 5) is 4.97. The summed E-state index contributed by atoms with van der Waals surface area (Å²) in [6.45, 7) is 0. The summed E-state index contributed by atoms with van der Waals surface area (Å²) in [5.74, 6) is 0.842. The van der Waals surface area contributed by atoms with Crippen LogP contribution in [0.2, 0.25) is 0 Å². The number of methoxy groups -OCH3 is 1. The molecular weight excluding hydrogens is 196 g/mol. The van der Waals surface area contributed by atoms with E-state index in [9.17, 15) is 0 Å². The third-order valence-corrected chi connectivity index (χ3v) is 2.45. The number of nitrogens with zero attached hydrogens (tertiary/aromatic N) is 1. The molecule has 1 atom stereocenters. The van der Waals surface area contributed by atoms with Crippen LogP contribution in [0.4, 0.5) is 0 Å². The monoisotopic (exact) mass is 206 g/mol. The van der Waals surface area contributed by atoms with Crippen molar-refractivity contribution in [3.05, 3.63) is 29.8 Å². The van der Waals surface area contributed by atoms with Gasteiger partial charge in [-0.3, -0.25) is 4.99 Å². The Balaban J connectivity index is 2.24. The number of hydrogen-bond acceptors (Lipinski definition) is 3. The van der Waals surface area contributed by atoms with E-state index in [0.29, 0.717) is 0 Å². The molecule has 0 saturated carbocycles. The molecule has 0 aromatic heterocycles. The van der Waals surface area contributed by atoms with Gasteiger partial charge in [-0.2, -0.15) is 0 Å². The molecule has 4 heteroatoms. The molecule has 3 nitrogen and oxygen atoms in total. The molecule has 1 N–H and O–H groups in total. The van der Waals surface area contributed by atoms with Crippen molar-refractivity contribution in [1.29, 1.82) is 0 Å². The van der Waals surface area contributed by atoms with Crippen LogP contribution in [0, 0.1) is 0 Å². The molecule has 2 rings (SSSR count). The van der Waals surface area contributed by atoms with Crippen molar-refractivity contribution in [2.75, 3.05) is 7.11 Å². The molecule has 1 unspecified atom stereocenters. The molecule has 72 valence electrons. The maximum atomic E-state index is 5.12. The molecule has 0 saturated heterocycles. The Labute approximate surface area is 87.8 Å². The quantitative estimate of drug-likeness (QED) is 0.748. The van der Waals surface area contributed by atoms with Crippen LogP contribution in [-0.2, 0) is 0 Å². The van der Waals surface area contributed by atoms with Crippen LogP contribution in [0.15, 0.2) is 29.3 Å². The summed E-state index contributed by atoms with van der Waals surface area (Å²) < 4.78 is 5.07. The third-order valence-electron chi connectivity index (χ3n) is 2.11. The van der Waals surface area contributed by atoms with Crippen LogP contribution < -0.4 is 10.1 Å². The van der Waals surface area contributed by atoms with Gasteiger partial charge in [0.2, 0.25) is 0 Å². The Morgan fingerprint density at radius 2 is 2.07 bits per heavy atom. The van der Waals surface area contributed by atoms with Crippen molar-refractivity contribution in [3.8, 4) is 5.75 Å². The fourth-order valence-electron chi connectivity index (χ4n) is 1.35. The Morgan fingerprint density at radius 3 is 2.57 bits per heavy atom. The molecule has 1 aromatic carbocycles. The van der Waals surface area contributed by atoms with Gasteiger partial charge in [0.15, 0.2) is 0 Å². The van der Waals surface area contributed by atoms with E-state index >= 15 is 0 Å². The average molecular weight is 206 g/mol. The summed E-state index contributed by atoms with van der Waals surface area (Å²) in [6, 6.07) is 7.73. The number of aliphatic imine (C=N–C) groups is 1. The van der Waals surface area contributed by atoms with Gasteiger partial charge in [0.05, 0.1) is 13.4 Å². The van der Waals surface area contributed by atoms with E-state index in [1.54, 1.807) is 13.4 Å². The first kappa shape index (κ1) is 9.15. The van der Waals surface area contributed by atoms with Crippen LogP contribution >= 0.6 is 12.2 Å². The SMILES string of the molecule is COc1ccc(C2N=CNC2=S)cc1. The predicted molar refractivity (Wildman–Crippen MR) is 60.0 cm³/mol. The lowest BCUT2D eigenvalue weighted by atomic mass is 10.1. The predicted octanol–water partition coefficient (Wildman–Crippen LogP) is 1.70. The number of ether oxygens (including phenoxy) is 1. The Hall–Kier alpha value is -1.42. The third kappa shape index (κ3) is 1.61. The van der Waals surface area contributed by atoms with Crippen molar-refractivity contribution in [1.82, 2.24) is 5.32 Å². The molecule has 1 aromatic rings. The van der Waals surface area contributed by atoms with Crippen molar-refractivity contribution in [2.24, 2.45) is 4.99 Å². The molecule has 14 heavy (non-hydrogen) atoms. The van der Waals surface area contributed by atoms with E-state index in [-0.39, 0.29) is 6.04 Å². The van der Waals surface area contributed by atoms with Gasteiger partial charge in [-0.1, -0.05) is 24.4 Å². The van der Waals surface area contributed by atoms with Gasteiger partial charge in [0.1, 0.15) is 16.8 Å². The number of thiocarbonyl (C=S) groups is 1. The molecule has 1 aliphatic heterocycles. The van der Waals surface area contributed by atoms with Gasteiger partial charge in [0.25, 0.3) is 0 Å². The van der Waals surface area contributed by atoms with Gasteiger partial charge in [-0.05, 0) is 17.7 Å². The zero-order chi connectivity index (χ0) is 9.97. The van der Waals surface area contributed by atoms with E-state index in [2.05, 4.69) is 10.3 Å². The zero-order valence-electron chi connectivity index (χ0n) is 7.73. The number of rotatable bonds is 2. The van der Waals surface area contributed by atoms with E-state index in [1.807, 2.05) is 24.3 Å². The van der Waals surface area contributed by atoms with Crippen LogP contribution in [0.1, 0.15) is 11.6 Å². The first-order chi connectivity index (χ1) is 6.81. The highest BCUT2D eigenvalue weighted by molar-refractivity contribution is 7.80. The Kier molecular flexibility index (Phi) is 2.45. The second-order valence-electron chi connectivity index (χ2n) is 2.96. The summed E-state index contributed by atoms with van der Waals surface area (Å²) in [7, 11) is 1.65. The maximum Gasteiger partial charge on any atom is 0.127 e. The van der Waals surface area contributed by atoms with Crippen molar-refractivity contribution < 1.29 is 4.74 Å². The number of hydrogen-bond donors (Lipinski definition) is 1. The second kappa shape index (κ2) is 3.75. The molecule has 0 spiro atoms. The lowest BCUT2D eigenvalue weighted by molar-refractivity contribution is 0.414. The first-order valence-electron chi connectivity index (χ1n) is 4.27. The molecule has 1 aliphatic rings. The molecule has 0 radical (unpaired) electrons. The van der Waals surface area contributed by atoms with Crippen LogP contribution in [0.3, 0.4) is 0 Å². The minimum atomic E-state index is -0.0316. The van der Waals surface area contributed by atoms with Gasteiger partial charge < -0.3 is 10.1 Å². The minimum absolute atomic E-state index is 0.0316.